The summed E-state index contributed by atoms with van der Waals surface area (Å²) in [5.41, 5.74) is 11.1. The summed E-state index contributed by atoms with van der Waals surface area (Å²) in [6.07, 6.45) is 3.91. The number of carbonyl (C=O) groups excluding carboxylic acids is 1. The van der Waals surface area contributed by atoms with Gasteiger partial charge in [0.2, 0.25) is 0 Å². The number of halogens is 1. The lowest BCUT2D eigenvalue weighted by atomic mass is 10.0. The molecule has 0 saturated carbocycles. The highest BCUT2D eigenvalue weighted by Gasteiger charge is 2.07. The van der Waals surface area contributed by atoms with E-state index in [0.717, 1.165) is 51.6 Å². The molecule has 2 aromatic heterocycles. The third-order valence-electron chi connectivity index (χ3n) is 5.41. The van der Waals surface area contributed by atoms with Crippen LogP contribution in [0.4, 0.5) is 10.5 Å². The first kappa shape index (κ1) is 27.0. The van der Waals surface area contributed by atoms with E-state index in [4.69, 9.17) is 10.5 Å². The van der Waals surface area contributed by atoms with Crippen LogP contribution in [0.5, 0.6) is 0 Å². The van der Waals surface area contributed by atoms with Crippen LogP contribution in [-0.4, -0.2) is 35.0 Å². The van der Waals surface area contributed by atoms with Gasteiger partial charge in [0.05, 0.1) is 29.1 Å². The first-order chi connectivity index (χ1) is 17.1. The van der Waals surface area contributed by atoms with Gasteiger partial charge in [-0.1, -0.05) is 55.8 Å². The summed E-state index contributed by atoms with van der Waals surface area (Å²) in [5, 5.41) is 4.74. The number of carbonyl (C=O) groups is 1. The molecule has 1 amide bonds. The lowest BCUT2D eigenvalue weighted by Gasteiger charge is -2.05. The molecule has 0 bridgehead atoms. The molecule has 36 heavy (non-hydrogen) atoms. The number of hydrogen-bond acceptors (Lipinski definition) is 5. The number of nitrogens with two attached hydrogens (primary N) is 1. The Kier molecular flexibility index (Phi) is 10.1. The average Bonchev–Trinajstić information content (AvgIpc) is 3.58. The second-order valence-electron chi connectivity index (χ2n) is 8.01. The molecule has 0 spiro atoms. The van der Waals surface area contributed by atoms with Crippen LogP contribution in [-0.2, 0) is 11.2 Å². The van der Waals surface area contributed by atoms with Crippen molar-refractivity contribution < 1.29 is 9.53 Å². The zero-order valence-corrected chi connectivity index (χ0v) is 21.7. The molecule has 0 radical (unpaired) electrons. The van der Waals surface area contributed by atoms with E-state index in [1.54, 1.807) is 11.3 Å². The monoisotopic (exact) mass is 523 g/mol. The molecular weight excluding hydrogens is 494 g/mol. The van der Waals surface area contributed by atoms with Gasteiger partial charge in [-0.2, -0.15) is 0 Å². The number of unbranched alkanes of at least 4 members (excludes halogenated alkanes) is 1. The molecule has 4 rings (SSSR count). The van der Waals surface area contributed by atoms with Gasteiger partial charge < -0.3 is 20.8 Å². The standard InChI is InChI=1S/C27H29N5O2S.ClH/c1-2-3-16-34-27(33)29-15-14-25-30-18-23(32-25)21-8-6-19(7-9-21)20-10-12-22(13-11-20)31-26(28)24-5-4-17-35-24;/h4-13,17-18H,2-3,14-16H2,1H3,(H2,28,31)(H,29,33)(H,30,32);1H. The largest absolute Gasteiger partial charge is 0.450 e. The number of imidazole rings is 1. The molecule has 0 aliphatic rings. The molecule has 0 unspecified atom stereocenters. The average molecular weight is 524 g/mol. The number of aromatic nitrogens is 2. The number of hydrogen-bond donors (Lipinski definition) is 3. The Balaban J connectivity index is 0.00000361. The molecule has 0 fully saturated rings. The molecule has 4 N–H and O–H groups in total. The fourth-order valence-corrected chi connectivity index (χ4v) is 4.10. The molecule has 2 aromatic carbocycles. The van der Waals surface area contributed by atoms with E-state index in [1.807, 2.05) is 48.0 Å². The summed E-state index contributed by atoms with van der Waals surface area (Å²) < 4.78 is 5.09. The molecule has 0 aliphatic carbocycles. The van der Waals surface area contributed by atoms with Crippen LogP contribution >= 0.6 is 23.7 Å². The topological polar surface area (TPSA) is 105 Å². The molecule has 188 valence electrons. The summed E-state index contributed by atoms with van der Waals surface area (Å²) in [7, 11) is 0. The van der Waals surface area contributed by atoms with E-state index < -0.39 is 0 Å². The number of alkyl carbamates (subject to hydrolysis) is 1. The molecule has 7 nitrogen and oxygen atoms in total. The van der Waals surface area contributed by atoms with Gasteiger partial charge in [-0.3, -0.25) is 0 Å². The maximum Gasteiger partial charge on any atom is 0.407 e. The number of aromatic amines is 1. The van der Waals surface area contributed by atoms with Gasteiger partial charge in [-0.25, -0.2) is 14.8 Å². The minimum atomic E-state index is -0.383. The highest BCUT2D eigenvalue weighted by Crippen LogP contribution is 2.26. The maximum absolute atomic E-state index is 11.6. The Hall–Kier alpha value is -3.62. The number of benzene rings is 2. The van der Waals surface area contributed by atoms with Crippen molar-refractivity contribution in [3.8, 4) is 22.4 Å². The predicted octanol–water partition coefficient (Wildman–Crippen LogP) is 6.33. The van der Waals surface area contributed by atoms with Crippen molar-refractivity contribution >= 4 is 41.4 Å². The third-order valence-corrected chi connectivity index (χ3v) is 6.30. The number of amidine groups is 1. The lowest BCUT2D eigenvalue weighted by molar-refractivity contribution is 0.144. The molecule has 9 heteroatoms. The second kappa shape index (κ2) is 13.5. The fraction of sp³-hybridized carbons (Fsp3) is 0.222. The van der Waals surface area contributed by atoms with E-state index in [9.17, 15) is 4.79 Å². The number of H-pyrrole nitrogens is 1. The van der Waals surface area contributed by atoms with Crippen LogP contribution in [0.2, 0.25) is 0 Å². The Morgan fingerprint density at radius 3 is 2.44 bits per heavy atom. The van der Waals surface area contributed by atoms with Gasteiger partial charge in [0.1, 0.15) is 11.7 Å². The van der Waals surface area contributed by atoms with E-state index in [-0.39, 0.29) is 18.5 Å². The normalized spacial score (nSPS) is 11.1. The summed E-state index contributed by atoms with van der Waals surface area (Å²) >= 11 is 1.57. The van der Waals surface area contributed by atoms with Crippen molar-refractivity contribution in [2.75, 3.05) is 13.2 Å². The van der Waals surface area contributed by atoms with Crippen LogP contribution in [0.15, 0.2) is 77.2 Å². The molecular formula is C27H30ClN5O2S. The smallest absolute Gasteiger partial charge is 0.407 e. The van der Waals surface area contributed by atoms with Crippen molar-refractivity contribution in [2.45, 2.75) is 26.2 Å². The second-order valence-corrected chi connectivity index (χ2v) is 8.96. The van der Waals surface area contributed by atoms with Crippen LogP contribution in [0.25, 0.3) is 22.4 Å². The Morgan fingerprint density at radius 1 is 1.08 bits per heavy atom. The Morgan fingerprint density at radius 2 is 1.78 bits per heavy atom. The molecule has 0 aliphatic heterocycles. The zero-order valence-electron chi connectivity index (χ0n) is 20.1. The molecule has 2 heterocycles. The van der Waals surface area contributed by atoms with E-state index in [2.05, 4.69) is 51.5 Å². The predicted molar refractivity (Wildman–Crippen MR) is 149 cm³/mol. The van der Waals surface area contributed by atoms with Gasteiger partial charge in [-0.05, 0) is 46.7 Å². The van der Waals surface area contributed by atoms with Crippen LogP contribution in [0.1, 0.15) is 30.5 Å². The van der Waals surface area contributed by atoms with Crippen molar-refractivity contribution in [3.05, 3.63) is 82.9 Å². The Bertz CT molecular complexity index is 1250. The summed E-state index contributed by atoms with van der Waals surface area (Å²) in [6.45, 7) is 2.97. The van der Waals surface area contributed by atoms with Crippen LogP contribution in [0, 0.1) is 0 Å². The van der Waals surface area contributed by atoms with Crippen LogP contribution < -0.4 is 11.1 Å². The fourth-order valence-electron chi connectivity index (χ4n) is 3.47. The van der Waals surface area contributed by atoms with E-state index in [1.165, 1.54) is 0 Å². The first-order valence-electron chi connectivity index (χ1n) is 11.7. The lowest BCUT2D eigenvalue weighted by Crippen LogP contribution is -2.27. The van der Waals surface area contributed by atoms with Gasteiger partial charge in [0.25, 0.3) is 0 Å². The number of ether oxygens (including phenoxy) is 1. The van der Waals surface area contributed by atoms with Gasteiger partial charge in [0.15, 0.2) is 0 Å². The molecule has 0 atom stereocenters. The number of thiophene rings is 1. The summed E-state index contributed by atoms with van der Waals surface area (Å²) in [5.74, 6) is 1.34. The molecule has 4 aromatic rings. The van der Waals surface area contributed by atoms with E-state index in [0.29, 0.717) is 25.4 Å². The van der Waals surface area contributed by atoms with Crippen molar-refractivity contribution in [1.82, 2.24) is 15.3 Å². The number of rotatable bonds is 10. The van der Waals surface area contributed by atoms with Gasteiger partial charge >= 0.3 is 6.09 Å². The van der Waals surface area contributed by atoms with Crippen molar-refractivity contribution in [3.63, 3.8) is 0 Å². The molecule has 0 saturated heterocycles. The van der Waals surface area contributed by atoms with Gasteiger partial charge in [-0.15, -0.1) is 23.7 Å². The van der Waals surface area contributed by atoms with Gasteiger partial charge in [0, 0.05) is 13.0 Å². The Labute approximate surface area is 221 Å². The van der Waals surface area contributed by atoms with Crippen molar-refractivity contribution in [2.24, 2.45) is 10.7 Å². The number of nitrogens with one attached hydrogen (secondary N) is 2. The van der Waals surface area contributed by atoms with Crippen molar-refractivity contribution in [1.29, 1.82) is 0 Å². The van der Waals surface area contributed by atoms with Crippen LogP contribution in [0.3, 0.4) is 0 Å². The summed E-state index contributed by atoms with van der Waals surface area (Å²) in [6, 6.07) is 20.3. The number of amides is 1. The number of aliphatic imine (C=N–C) groups is 1. The summed E-state index contributed by atoms with van der Waals surface area (Å²) in [4.78, 5) is 24.8. The SMILES string of the molecule is CCCCOC(=O)NCCc1ncc(-c2ccc(-c3ccc(N=C(N)c4cccs4)cc3)cc2)[nH]1.Cl. The third kappa shape index (κ3) is 7.44. The quantitative estimate of drug-likeness (QED) is 0.128. The van der Waals surface area contributed by atoms with E-state index >= 15 is 0 Å². The maximum atomic E-state index is 11.6. The number of nitrogens with zero attached hydrogens (tertiary/aromatic N) is 2. The minimum absolute atomic E-state index is 0. The highest BCUT2D eigenvalue weighted by molar-refractivity contribution is 7.12. The zero-order chi connectivity index (χ0) is 24.5. The minimum Gasteiger partial charge on any atom is -0.450 e. The first-order valence-corrected chi connectivity index (χ1v) is 12.5. The highest BCUT2D eigenvalue weighted by atomic mass is 35.5.